The number of piperidine rings is 1. The molecule has 1 atom stereocenters. The quantitative estimate of drug-likeness (QED) is 0.605. The number of halogens is 1. The molecule has 1 aliphatic rings. The Balaban J connectivity index is 1.46. The van der Waals surface area contributed by atoms with Crippen LogP contribution < -0.4 is 15.0 Å². The molecule has 0 unspecified atom stereocenters. The van der Waals surface area contributed by atoms with E-state index in [9.17, 15) is 9.18 Å². The zero-order valence-electron chi connectivity index (χ0n) is 17.1. The van der Waals surface area contributed by atoms with Gasteiger partial charge >= 0.3 is 0 Å². The normalized spacial score (nSPS) is 16.1. The van der Waals surface area contributed by atoms with Gasteiger partial charge in [0.25, 0.3) is 0 Å². The van der Waals surface area contributed by atoms with Gasteiger partial charge in [0, 0.05) is 42.1 Å². The Hall–Kier alpha value is -3.13. The van der Waals surface area contributed by atoms with Gasteiger partial charge in [0.05, 0.1) is 13.0 Å². The van der Waals surface area contributed by atoms with E-state index in [0.717, 1.165) is 35.1 Å². The highest BCUT2D eigenvalue weighted by Crippen LogP contribution is 2.34. The third-order valence-electron chi connectivity index (χ3n) is 5.12. The van der Waals surface area contributed by atoms with Crippen molar-refractivity contribution in [2.75, 3.05) is 30.4 Å². The first-order valence-corrected chi connectivity index (χ1v) is 10.9. The minimum Gasteiger partial charge on any atom is -0.494 e. The van der Waals surface area contributed by atoms with Crippen molar-refractivity contribution < 1.29 is 13.9 Å². The summed E-state index contributed by atoms with van der Waals surface area (Å²) in [5, 5.41) is 3.64. The standard InChI is InChI=1S/C23H23FN4O2S/c1-30-20-10-9-17(14-19(20)24)27-22(29)16-6-5-13-28(15-16)21-23(26-12-11-25-21)31-18-7-3-2-4-8-18/h2-4,7-12,14,16H,5-6,13,15H2,1H3,(H,27,29)/t16-/m1/s1. The van der Waals surface area contributed by atoms with Crippen molar-refractivity contribution >= 4 is 29.2 Å². The Morgan fingerprint density at radius 2 is 2.00 bits per heavy atom. The van der Waals surface area contributed by atoms with Crippen LogP contribution in [0, 0.1) is 11.7 Å². The summed E-state index contributed by atoms with van der Waals surface area (Å²) in [5.41, 5.74) is 0.417. The fourth-order valence-corrected chi connectivity index (χ4v) is 4.48. The zero-order valence-corrected chi connectivity index (χ0v) is 17.9. The second-order valence-corrected chi connectivity index (χ2v) is 8.29. The molecule has 2 heterocycles. The summed E-state index contributed by atoms with van der Waals surface area (Å²) in [5.74, 6) is 0.0657. The third-order valence-corrected chi connectivity index (χ3v) is 6.10. The molecule has 0 spiro atoms. The lowest BCUT2D eigenvalue weighted by Crippen LogP contribution is -2.41. The van der Waals surface area contributed by atoms with Crippen LogP contribution in [0.25, 0.3) is 0 Å². The molecular formula is C23H23FN4O2S. The van der Waals surface area contributed by atoms with Crippen LogP contribution in [0.15, 0.2) is 70.8 Å². The smallest absolute Gasteiger partial charge is 0.229 e. The Bertz CT molecular complexity index is 1050. The zero-order chi connectivity index (χ0) is 21.6. The summed E-state index contributed by atoms with van der Waals surface area (Å²) in [6.07, 6.45) is 4.98. The highest BCUT2D eigenvalue weighted by molar-refractivity contribution is 7.99. The molecule has 0 aliphatic carbocycles. The van der Waals surface area contributed by atoms with Crippen molar-refractivity contribution in [3.63, 3.8) is 0 Å². The predicted octanol–water partition coefficient (Wildman–Crippen LogP) is 4.63. The fourth-order valence-electron chi connectivity index (χ4n) is 3.58. The lowest BCUT2D eigenvalue weighted by atomic mass is 9.97. The largest absolute Gasteiger partial charge is 0.494 e. The van der Waals surface area contributed by atoms with E-state index in [1.54, 1.807) is 30.2 Å². The molecule has 4 rings (SSSR count). The van der Waals surface area contributed by atoms with E-state index in [4.69, 9.17) is 4.74 Å². The number of hydrogen-bond donors (Lipinski definition) is 1. The molecule has 1 fully saturated rings. The minimum absolute atomic E-state index is 0.129. The number of aromatic nitrogens is 2. The fraction of sp³-hybridized carbons (Fsp3) is 0.261. The molecule has 31 heavy (non-hydrogen) atoms. The molecule has 1 aromatic heterocycles. The lowest BCUT2D eigenvalue weighted by Gasteiger charge is -2.33. The maximum absolute atomic E-state index is 13.9. The van der Waals surface area contributed by atoms with E-state index >= 15 is 0 Å². The van der Waals surface area contributed by atoms with E-state index in [1.807, 2.05) is 30.3 Å². The van der Waals surface area contributed by atoms with Crippen LogP contribution in [0.4, 0.5) is 15.9 Å². The van der Waals surface area contributed by atoms with Crippen LogP contribution in [0.3, 0.4) is 0 Å². The Morgan fingerprint density at radius 3 is 2.77 bits per heavy atom. The van der Waals surface area contributed by atoms with Gasteiger partial charge in [0.1, 0.15) is 5.03 Å². The van der Waals surface area contributed by atoms with Gasteiger partial charge in [-0.25, -0.2) is 14.4 Å². The molecule has 0 bridgehead atoms. The van der Waals surface area contributed by atoms with Crippen LogP contribution in [0.5, 0.6) is 5.75 Å². The molecular weight excluding hydrogens is 415 g/mol. The molecule has 6 nitrogen and oxygen atoms in total. The van der Waals surface area contributed by atoms with Gasteiger partial charge in [0.15, 0.2) is 17.4 Å². The van der Waals surface area contributed by atoms with Crippen LogP contribution in [0.2, 0.25) is 0 Å². The number of anilines is 2. The molecule has 1 aliphatic heterocycles. The van der Waals surface area contributed by atoms with Gasteiger partial charge in [0.2, 0.25) is 5.91 Å². The summed E-state index contributed by atoms with van der Waals surface area (Å²) in [4.78, 5) is 25.1. The van der Waals surface area contributed by atoms with E-state index in [0.29, 0.717) is 12.2 Å². The van der Waals surface area contributed by atoms with Crippen molar-refractivity contribution in [1.82, 2.24) is 9.97 Å². The molecule has 160 valence electrons. The average Bonchev–Trinajstić information content (AvgIpc) is 2.80. The number of rotatable bonds is 6. The maximum Gasteiger partial charge on any atom is 0.229 e. The number of ether oxygens (including phenoxy) is 1. The maximum atomic E-state index is 13.9. The van der Waals surface area contributed by atoms with Crippen LogP contribution >= 0.6 is 11.8 Å². The molecule has 0 radical (unpaired) electrons. The number of nitrogens with one attached hydrogen (secondary N) is 1. The third kappa shape index (κ3) is 5.14. The first-order valence-electron chi connectivity index (χ1n) is 10.1. The summed E-state index contributed by atoms with van der Waals surface area (Å²) in [6, 6.07) is 14.4. The van der Waals surface area contributed by atoms with Crippen molar-refractivity contribution in [3.05, 3.63) is 66.7 Å². The number of hydrogen-bond acceptors (Lipinski definition) is 6. The Labute approximate surface area is 184 Å². The van der Waals surface area contributed by atoms with Gasteiger partial charge in [-0.15, -0.1) is 0 Å². The SMILES string of the molecule is COc1ccc(NC(=O)[C@@H]2CCCN(c3nccnc3Sc3ccccc3)C2)cc1F. The molecule has 2 aromatic carbocycles. The molecule has 0 saturated carbocycles. The number of benzene rings is 2. The first-order chi connectivity index (χ1) is 15.1. The Kier molecular flexibility index (Phi) is 6.66. The van der Waals surface area contributed by atoms with Gasteiger partial charge in [-0.2, -0.15) is 0 Å². The summed E-state index contributed by atoms with van der Waals surface area (Å²) < 4.78 is 18.9. The number of amides is 1. The minimum atomic E-state index is -0.507. The lowest BCUT2D eigenvalue weighted by molar-refractivity contribution is -0.120. The molecule has 8 heteroatoms. The Morgan fingerprint density at radius 1 is 1.19 bits per heavy atom. The van der Waals surface area contributed by atoms with E-state index < -0.39 is 5.82 Å². The number of nitrogens with zero attached hydrogens (tertiary/aromatic N) is 3. The second kappa shape index (κ2) is 9.78. The van der Waals surface area contributed by atoms with E-state index in [2.05, 4.69) is 20.2 Å². The summed E-state index contributed by atoms with van der Waals surface area (Å²) in [7, 11) is 1.41. The topological polar surface area (TPSA) is 67.3 Å². The van der Waals surface area contributed by atoms with Gasteiger partial charge in [-0.1, -0.05) is 30.0 Å². The molecule has 1 saturated heterocycles. The number of carbonyl (C=O) groups is 1. The first kappa shape index (κ1) is 21.1. The van der Waals surface area contributed by atoms with Crippen LogP contribution in [-0.2, 0) is 4.79 Å². The van der Waals surface area contributed by atoms with Gasteiger partial charge in [-0.3, -0.25) is 4.79 Å². The van der Waals surface area contributed by atoms with Crippen molar-refractivity contribution in [2.45, 2.75) is 22.8 Å². The van der Waals surface area contributed by atoms with Crippen LogP contribution in [-0.4, -0.2) is 36.1 Å². The van der Waals surface area contributed by atoms with Crippen LogP contribution in [0.1, 0.15) is 12.8 Å². The molecule has 1 N–H and O–H groups in total. The number of carbonyl (C=O) groups excluding carboxylic acids is 1. The predicted molar refractivity (Wildman–Crippen MR) is 119 cm³/mol. The van der Waals surface area contributed by atoms with Gasteiger partial charge < -0.3 is 15.0 Å². The highest BCUT2D eigenvalue weighted by atomic mass is 32.2. The summed E-state index contributed by atoms with van der Waals surface area (Å²) in [6.45, 7) is 1.34. The van der Waals surface area contributed by atoms with Crippen molar-refractivity contribution in [1.29, 1.82) is 0 Å². The molecule has 1 amide bonds. The van der Waals surface area contributed by atoms with E-state index in [1.165, 1.54) is 19.2 Å². The van der Waals surface area contributed by atoms with E-state index in [-0.39, 0.29) is 17.6 Å². The molecule has 3 aromatic rings. The van der Waals surface area contributed by atoms with Gasteiger partial charge in [-0.05, 0) is 37.1 Å². The monoisotopic (exact) mass is 438 g/mol. The van der Waals surface area contributed by atoms with Crippen molar-refractivity contribution in [2.24, 2.45) is 5.92 Å². The summed E-state index contributed by atoms with van der Waals surface area (Å²) >= 11 is 1.56. The average molecular weight is 439 g/mol. The highest BCUT2D eigenvalue weighted by Gasteiger charge is 2.28. The number of methoxy groups -OCH3 is 1. The van der Waals surface area contributed by atoms with Crippen molar-refractivity contribution in [3.8, 4) is 5.75 Å². The second-order valence-electron chi connectivity index (χ2n) is 7.22.